The summed E-state index contributed by atoms with van der Waals surface area (Å²) in [6.45, 7) is 9.27. The number of rotatable bonds is 5. The van der Waals surface area contributed by atoms with Crippen LogP contribution in [0, 0.1) is 17.8 Å². The SMILES string of the molecule is CCNCC(C(C)C)C1CCC1. The van der Waals surface area contributed by atoms with Crippen LogP contribution in [-0.2, 0) is 0 Å². The van der Waals surface area contributed by atoms with E-state index in [9.17, 15) is 0 Å². The molecule has 72 valence electrons. The molecule has 0 amide bonds. The highest BCUT2D eigenvalue weighted by Crippen LogP contribution is 2.36. The van der Waals surface area contributed by atoms with Crippen LogP contribution in [0.3, 0.4) is 0 Å². The highest BCUT2D eigenvalue weighted by Gasteiger charge is 2.28. The summed E-state index contributed by atoms with van der Waals surface area (Å²) in [6, 6.07) is 0. The number of hydrogen-bond acceptors (Lipinski definition) is 1. The standard InChI is InChI=1S/C11H23N/c1-4-12-8-11(9(2)3)10-6-5-7-10/h9-12H,4-8H2,1-3H3. The van der Waals surface area contributed by atoms with Crippen molar-refractivity contribution in [3.8, 4) is 0 Å². The Balaban J connectivity index is 2.27. The van der Waals surface area contributed by atoms with Gasteiger partial charge in [0.1, 0.15) is 0 Å². The Bertz CT molecular complexity index is 116. The van der Waals surface area contributed by atoms with Crippen molar-refractivity contribution in [2.75, 3.05) is 13.1 Å². The van der Waals surface area contributed by atoms with Gasteiger partial charge in [-0.25, -0.2) is 0 Å². The number of hydrogen-bond donors (Lipinski definition) is 1. The molecular weight excluding hydrogens is 146 g/mol. The zero-order chi connectivity index (χ0) is 8.97. The molecule has 0 aromatic carbocycles. The van der Waals surface area contributed by atoms with Crippen molar-refractivity contribution in [2.45, 2.75) is 40.0 Å². The third-order valence-corrected chi connectivity index (χ3v) is 3.24. The van der Waals surface area contributed by atoms with Gasteiger partial charge in [-0.1, -0.05) is 40.0 Å². The summed E-state index contributed by atoms with van der Waals surface area (Å²) >= 11 is 0. The van der Waals surface area contributed by atoms with E-state index >= 15 is 0 Å². The molecular formula is C11H23N. The van der Waals surface area contributed by atoms with Crippen molar-refractivity contribution in [2.24, 2.45) is 17.8 Å². The highest BCUT2D eigenvalue weighted by atomic mass is 14.8. The average molecular weight is 169 g/mol. The van der Waals surface area contributed by atoms with E-state index in [2.05, 4.69) is 26.1 Å². The van der Waals surface area contributed by atoms with Gasteiger partial charge < -0.3 is 5.32 Å². The lowest BCUT2D eigenvalue weighted by atomic mass is 9.71. The topological polar surface area (TPSA) is 12.0 Å². The van der Waals surface area contributed by atoms with Gasteiger partial charge in [-0.2, -0.15) is 0 Å². The van der Waals surface area contributed by atoms with Gasteiger partial charge in [-0.15, -0.1) is 0 Å². The van der Waals surface area contributed by atoms with Crippen LogP contribution < -0.4 is 5.32 Å². The number of nitrogens with one attached hydrogen (secondary N) is 1. The average Bonchev–Trinajstić information content (AvgIpc) is 1.93. The molecule has 0 aromatic heterocycles. The van der Waals surface area contributed by atoms with Crippen LogP contribution in [-0.4, -0.2) is 13.1 Å². The molecule has 1 N–H and O–H groups in total. The fraction of sp³-hybridized carbons (Fsp3) is 1.00. The molecule has 1 unspecified atom stereocenters. The summed E-state index contributed by atoms with van der Waals surface area (Å²) in [5.74, 6) is 2.82. The summed E-state index contributed by atoms with van der Waals surface area (Å²) in [5, 5.41) is 3.48. The zero-order valence-corrected chi connectivity index (χ0v) is 8.77. The Labute approximate surface area is 76.9 Å². The van der Waals surface area contributed by atoms with E-state index < -0.39 is 0 Å². The summed E-state index contributed by atoms with van der Waals surface area (Å²) in [7, 11) is 0. The van der Waals surface area contributed by atoms with Crippen LogP contribution in [0.5, 0.6) is 0 Å². The van der Waals surface area contributed by atoms with E-state index in [1.165, 1.54) is 25.8 Å². The van der Waals surface area contributed by atoms with E-state index in [0.29, 0.717) is 0 Å². The first kappa shape index (κ1) is 10.0. The molecule has 0 radical (unpaired) electrons. The molecule has 1 aliphatic rings. The highest BCUT2D eigenvalue weighted by molar-refractivity contribution is 4.80. The molecule has 0 saturated heterocycles. The van der Waals surface area contributed by atoms with Crippen molar-refractivity contribution < 1.29 is 0 Å². The Morgan fingerprint density at radius 1 is 1.33 bits per heavy atom. The Hall–Kier alpha value is -0.0400. The Morgan fingerprint density at radius 2 is 2.00 bits per heavy atom. The molecule has 1 rings (SSSR count). The lowest BCUT2D eigenvalue weighted by Gasteiger charge is -2.36. The molecule has 12 heavy (non-hydrogen) atoms. The van der Waals surface area contributed by atoms with Crippen LogP contribution in [0.2, 0.25) is 0 Å². The first-order valence-electron chi connectivity index (χ1n) is 5.46. The van der Waals surface area contributed by atoms with Gasteiger partial charge in [0.15, 0.2) is 0 Å². The van der Waals surface area contributed by atoms with E-state index in [-0.39, 0.29) is 0 Å². The molecule has 0 aromatic rings. The van der Waals surface area contributed by atoms with E-state index in [1.54, 1.807) is 0 Å². The minimum atomic E-state index is 0.856. The maximum Gasteiger partial charge on any atom is -0.00155 e. The van der Waals surface area contributed by atoms with Crippen LogP contribution >= 0.6 is 0 Å². The minimum Gasteiger partial charge on any atom is -0.317 e. The molecule has 0 aliphatic heterocycles. The predicted octanol–water partition coefficient (Wildman–Crippen LogP) is 2.67. The van der Waals surface area contributed by atoms with Gasteiger partial charge in [0.2, 0.25) is 0 Å². The van der Waals surface area contributed by atoms with Crippen LogP contribution in [0.25, 0.3) is 0 Å². The van der Waals surface area contributed by atoms with Crippen LogP contribution in [0.4, 0.5) is 0 Å². The van der Waals surface area contributed by atoms with E-state index in [1.807, 2.05) is 0 Å². The molecule has 0 spiro atoms. The maximum absolute atomic E-state index is 3.48. The first-order chi connectivity index (χ1) is 5.75. The molecule has 1 heteroatoms. The van der Waals surface area contributed by atoms with Crippen molar-refractivity contribution in [1.82, 2.24) is 5.32 Å². The van der Waals surface area contributed by atoms with Gasteiger partial charge >= 0.3 is 0 Å². The normalized spacial score (nSPS) is 21.0. The molecule has 1 saturated carbocycles. The second-order valence-corrected chi connectivity index (χ2v) is 4.41. The third-order valence-electron chi connectivity index (χ3n) is 3.24. The van der Waals surface area contributed by atoms with Crippen molar-refractivity contribution >= 4 is 0 Å². The Kier molecular flexibility index (Phi) is 4.07. The van der Waals surface area contributed by atoms with Crippen LogP contribution in [0.1, 0.15) is 40.0 Å². The molecule has 1 aliphatic carbocycles. The summed E-state index contributed by atoms with van der Waals surface area (Å²) in [5.41, 5.74) is 0. The first-order valence-corrected chi connectivity index (χ1v) is 5.46. The minimum absolute atomic E-state index is 0.856. The van der Waals surface area contributed by atoms with Gasteiger partial charge in [0, 0.05) is 0 Å². The van der Waals surface area contributed by atoms with Gasteiger partial charge in [-0.05, 0) is 30.8 Å². The van der Waals surface area contributed by atoms with Gasteiger partial charge in [0.25, 0.3) is 0 Å². The van der Waals surface area contributed by atoms with Crippen molar-refractivity contribution in [1.29, 1.82) is 0 Å². The summed E-state index contributed by atoms with van der Waals surface area (Å²) < 4.78 is 0. The quantitative estimate of drug-likeness (QED) is 0.667. The second-order valence-electron chi connectivity index (χ2n) is 4.41. The second kappa shape index (κ2) is 4.86. The maximum atomic E-state index is 3.48. The predicted molar refractivity (Wildman–Crippen MR) is 54.2 cm³/mol. The van der Waals surface area contributed by atoms with E-state index in [4.69, 9.17) is 0 Å². The fourth-order valence-corrected chi connectivity index (χ4v) is 2.13. The monoisotopic (exact) mass is 169 g/mol. The molecule has 0 bridgehead atoms. The molecule has 1 fully saturated rings. The fourth-order valence-electron chi connectivity index (χ4n) is 2.13. The summed E-state index contributed by atoms with van der Waals surface area (Å²) in [6.07, 6.45) is 4.43. The van der Waals surface area contributed by atoms with Crippen molar-refractivity contribution in [3.05, 3.63) is 0 Å². The Morgan fingerprint density at radius 3 is 2.33 bits per heavy atom. The lowest BCUT2D eigenvalue weighted by Crippen LogP contribution is -2.34. The zero-order valence-electron chi connectivity index (χ0n) is 8.77. The largest absolute Gasteiger partial charge is 0.317 e. The molecule has 1 nitrogen and oxygen atoms in total. The van der Waals surface area contributed by atoms with Crippen molar-refractivity contribution in [3.63, 3.8) is 0 Å². The van der Waals surface area contributed by atoms with Gasteiger partial charge in [0.05, 0.1) is 0 Å². The van der Waals surface area contributed by atoms with Crippen LogP contribution in [0.15, 0.2) is 0 Å². The summed E-state index contributed by atoms with van der Waals surface area (Å²) in [4.78, 5) is 0. The third kappa shape index (κ3) is 2.48. The molecule has 0 heterocycles. The van der Waals surface area contributed by atoms with E-state index in [0.717, 1.165) is 24.3 Å². The smallest absolute Gasteiger partial charge is 0.00155 e. The lowest BCUT2D eigenvalue weighted by molar-refractivity contribution is 0.157. The van der Waals surface area contributed by atoms with Gasteiger partial charge in [-0.3, -0.25) is 0 Å². The molecule has 1 atom stereocenters.